The van der Waals surface area contributed by atoms with Gasteiger partial charge in [-0.25, -0.2) is 8.42 Å². The zero-order valence-corrected chi connectivity index (χ0v) is 21.1. The van der Waals surface area contributed by atoms with Crippen LogP contribution in [0.4, 0.5) is 0 Å². The van der Waals surface area contributed by atoms with Crippen LogP contribution in [0.3, 0.4) is 0 Å². The molecular formula is C20H40IN3O2S. The van der Waals surface area contributed by atoms with Crippen molar-refractivity contribution in [3.63, 3.8) is 0 Å². The van der Waals surface area contributed by atoms with Crippen LogP contribution in [-0.2, 0) is 9.84 Å². The summed E-state index contributed by atoms with van der Waals surface area (Å²) in [7, 11) is -2.83. The number of rotatable bonds is 5. The Morgan fingerprint density at radius 2 is 1.74 bits per heavy atom. The summed E-state index contributed by atoms with van der Waals surface area (Å²) in [5, 5.41) is 7.09. The number of halogens is 1. The van der Waals surface area contributed by atoms with Crippen LogP contribution >= 0.6 is 24.0 Å². The normalized spacial score (nSPS) is 27.2. The van der Waals surface area contributed by atoms with Gasteiger partial charge in [0.25, 0.3) is 0 Å². The van der Waals surface area contributed by atoms with E-state index in [2.05, 4.69) is 52.2 Å². The van der Waals surface area contributed by atoms with Crippen LogP contribution in [0.2, 0.25) is 0 Å². The maximum absolute atomic E-state index is 11.7. The van der Waals surface area contributed by atoms with Crippen LogP contribution in [0.25, 0.3) is 0 Å². The zero-order chi connectivity index (χ0) is 19.6. The molecule has 0 aromatic heterocycles. The molecule has 1 unspecified atom stereocenters. The molecule has 0 amide bonds. The van der Waals surface area contributed by atoms with E-state index in [1.165, 1.54) is 6.42 Å². The highest BCUT2D eigenvalue weighted by Gasteiger charge is 2.38. The molecule has 27 heavy (non-hydrogen) atoms. The van der Waals surface area contributed by atoms with Crippen molar-refractivity contribution >= 4 is 39.8 Å². The number of aliphatic imine (C=N–C) groups is 1. The van der Waals surface area contributed by atoms with E-state index in [1.807, 2.05) is 0 Å². The molecular weight excluding hydrogens is 473 g/mol. The fraction of sp³-hybridized carbons (Fsp3) is 0.950. The molecule has 160 valence electrons. The first-order chi connectivity index (χ1) is 11.9. The smallest absolute Gasteiger partial charge is 0.191 e. The zero-order valence-electron chi connectivity index (χ0n) is 18.0. The Kier molecular flexibility index (Phi) is 8.92. The first kappa shape index (κ1) is 25.0. The van der Waals surface area contributed by atoms with Gasteiger partial charge >= 0.3 is 0 Å². The second-order valence-corrected chi connectivity index (χ2v) is 12.7. The maximum atomic E-state index is 11.7. The highest BCUT2D eigenvalue weighted by molar-refractivity contribution is 14.0. The predicted molar refractivity (Wildman–Crippen MR) is 126 cm³/mol. The molecule has 0 spiro atoms. The van der Waals surface area contributed by atoms with Gasteiger partial charge in [-0.1, -0.05) is 41.5 Å². The van der Waals surface area contributed by atoms with Crippen molar-refractivity contribution in [3.8, 4) is 0 Å². The Bertz CT molecular complexity index is 599. The quantitative estimate of drug-likeness (QED) is 0.333. The van der Waals surface area contributed by atoms with Gasteiger partial charge in [0.2, 0.25) is 0 Å². The summed E-state index contributed by atoms with van der Waals surface area (Å²) in [4.78, 5) is 4.76. The Labute approximate surface area is 183 Å². The first-order valence-electron chi connectivity index (χ1n) is 10.1. The van der Waals surface area contributed by atoms with E-state index >= 15 is 0 Å². The summed E-state index contributed by atoms with van der Waals surface area (Å²) >= 11 is 0. The average molecular weight is 514 g/mol. The van der Waals surface area contributed by atoms with Crippen LogP contribution in [0.5, 0.6) is 0 Å². The second kappa shape index (κ2) is 9.63. The van der Waals surface area contributed by atoms with Crippen LogP contribution in [0.15, 0.2) is 4.99 Å². The van der Waals surface area contributed by atoms with Gasteiger partial charge in [-0.2, -0.15) is 0 Å². The van der Waals surface area contributed by atoms with Crippen molar-refractivity contribution in [3.05, 3.63) is 0 Å². The van der Waals surface area contributed by atoms with Gasteiger partial charge in [-0.05, 0) is 48.3 Å². The van der Waals surface area contributed by atoms with Crippen molar-refractivity contribution in [1.29, 1.82) is 0 Å². The molecule has 1 aliphatic heterocycles. The monoisotopic (exact) mass is 513 g/mol. The molecule has 7 heteroatoms. The van der Waals surface area contributed by atoms with E-state index < -0.39 is 9.84 Å². The number of hydrogen-bond acceptors (Lipinski definition) is 3. The summed E-state index contributed by atoms with van der Waals surface area (Å²) in [6, 6.07) is 0.402. The maximum Gasteiger partial charge on any atom is 0.191 e. The predicted octanol–water partition coefficient (Wildman–Crippen LogP) is 3.84. The Morgan fingerprint density at radius 1 is 1.15 bits per heavy atom. The third kappa shape index (κ3) is 8.88. The molecule has 0 aromatic rings. The van der Waals surface area contributed by atoms with Crippen molar-refractivity contribution in [2.45, 2.75) is 73.3 Å². The molecule has 2 rings (SSSR count). The molecule has 1 atom stereocenters. The first-order valence-corrected chi connectivity index (χ1v) is 11.9. The summed E-state index contributed by atoms with van der Waals surface area (Å²) in [5.74, 6) is 2.18. The van der Waals surface area contributed by atoms with Crippen LogP contribution in [0.1, 0.15) is 67.2 Å². The minimum absolute atomic E-state index is 0. The third-order valence-corrected chi connectivity index (χ3v) is 7.23. The van der Waals surface area contributed by atoms with Crippen molar-refractivity contribution in [2.75, 3.05) is 24.6 Å². The molecule has 2 N–H and O–H groups in total. The van der Waals surface area contributed by atoms with Gasteiger partial charge in [0.1, 0.15) is 0 Å². The largest absolute Gasteiger partial charge is 0.356 e. The van der Waals surface area contributed by atoms with Gasteiger partial charge in [0, 0.05) is 19.1 Å². The van der Waals surface area contributed by atoms with Crippen molar-refractivity contribution in [1.82, 2.24) is 10.6 Å². The fourth-order valence-corrected chi connectivity index (χ4v) is 6.70. The summed E-state index contributed by atoms with van der Waals surface area (Å²) in [6.07, 6.45) is 4.27. The second-order valence-electron chi connectivity index (χ2n) is 10.5. The molecule has 5 nitrogen and oxygen atoms in total. The third-order valence-electron chi connectivity index (χ3n) is 5.40. The molecule has 2 aliphatic rings. The lowest BCUT2D eigenvalue weighted by molar-refractivity contribution is 0.0918. The Hall–Kier alpha value is -0.0500. The van der Waals surface area contributed by atoms with E-state index in [-0.39, 0.29) is 29.9 Å². The van der Waals surface area contributed by atoms with E-state index in [0.717, 1.165) is 31.8 Å². The van der Waals surface area contributed by atoms with Crippen molar-refractivity contribution < 1.29 is 8.42 Å². The van der Waals surface area contributed by atoms with Gasteiger partial charge in [0.05, 0.1) is 11.5 Å². The minimum Gasteiger partial charge on any atom is -0.356 e. The van der Waals surface area contributed by atoms with E-state index in [4.69, 9.17) is 4.99 Å². The SMILES string of the molecule is CC(C)CN=C(NCC1CCS(=O)(=O)C1)NC1CC(C)(C)CC(C)(C)C1.I. The number of nitrogens with zero attached hydrogens (tertiary/aromatic N) is 1. The number of nitrogens with one attached hydrogen (secondary N) is 2. The minimum atomic E-state index is -2.83. The molecule has 1 heterocycles. The summed E-state index contributed by atoms with van der Waals surface area (Å²) in [6.45, 7) is 15.2. The molecule has 1 saturated carbocycles. The molecule has 1 saturated heterocycles. The van der Waals surface area contributed by atoms with Crippen LogP contribution < -0.4 is 10.6 Å². The molecule has 2 fully saturated rings. The van der Waals surface area contributed by atoms with Gasteiger partial charge in [0.15, 0.2) is 15.8 Å². The standard InChI is InChI=1S/C20H39N3O2S.HI/c1-15(2)11-21-18(22-12-16-7-8-26(24,25)13-16)23-17-9-19(3,4)14-20(5,6)10-17;/h15-17H,7-14H2,1-6H3,(H2,21,22,23);1H. The lowest BCUT2D eigenvalue weighted by atomic mass is 9.63. The van der Waals surface area contributed by atoms with E-state index in [1.54, 1.807) is 0 Å². The van der Waals surface area contributed by atoms with E-state index in [9.17, 15) is 8.42 Å². The van der Waals surface area contributed by atoms with Crippen LogP contribution in [-0.4, -0.2) is 45.0 Å². The molecule has 0 aromatic carbocycles. The Morgan fingerprint density at radius 3 is 2.22 bits per heavy atom. The molecule has 0 bridgehead atoms. The number of hydrogen-bond donors (Lipinski definition) is 2. The van der Waals surface area contributed by atoms with E-state index in [0.29, 0.717) is 40.8 Å². The topological polar surface area (TPSA) is 70.6 Å². The lowest BCUT2D eigenvalue weighted by Gasteiger charge is -2.45. The number of sulfone groups is 1. The molecule has 1 aliphatic carbocycles. The van der Waals surface area contributed by atoms with Crippen LogP contribution in [0, 0.1) is 22.7 Å². The van der Waals surface area contributed by atoms with Gasteiger partial charge in [-0.3, -0.25) is 4.99 Å². The summed E-state index contributed by atoms with van der Waals surface area (Å²) in [5.41, 5.74) is 0.643. The summed E-state index contributed by atoms with van der Waals surface area (Å²) < 4.78 is 23.4. The highest BCUT2D eigenvalue weighted by Crippen LogP contribution is 2.45. The lowest BCUT2D eigenvalue weighted by Crippen LogP contribution is -2.50. The molecule has 0 radical (unpaired) electrons. The van der Waals surface area contributed by atoms with Crippen molar-refractivity contribution in [2.24, 2.45) is 27.7 Å². The Balaban J connectivity index is 0.00000364. The highest BCUT2D eigenvalue weighted by atomic mass is 127. The number of guanidine groups is 1. The average Bonchev–Trinajstić information content (AvgIpc) is 2.77. The van der Waals surface area contributed by atoms with Gasteiger partial charge in [-0.15, -0.1) is 24.0 Å². The fourth-order valence-electron chi connectivity index (χ4n) is 4.84. The van der Waals surface area contributed by atoms with Gasteiger partial charge < -0.3 is 10.6 Å².